The van der Waals surface area contributed by atoms with Gasteiger partial charge in [0.05, 0.1) is 15.7 Å². The standard InChI is InChI=1S/C14H11Cl2F2N/c1-8(9-5-10(17)7-11(18)6-9)19-13-4-2-3-12(15)14(13)16/h2-8,19H,1H3. The van der Waals surface area contributed by atoms with Gasteiger partial charge in [0, 0.05) is 12.1 Å². The molecule has 1 N–H and O–H groups in total. The molecule has 0 aliphatic carbocycles. The van der Waals surface area contributed by atoms with Crippen LogP contribution in [0, 0.1) is 11.6 Å². The van der Waals surface area contributed by atoms with E-state index < -0.39 is 11.6 Å². The smallest absolute Gasteiger partial charge is 0.126 e. The summed E-state index contributed by atoms with van der Waals surface area (Å²) in [5, 5.41) is 3.87. The van der Waals surface area contributed by atoms with E-state index >= 15 is 0 Å². The Morgan fingerprint density at radius 3 is 2.32 bits per heavy atom. The van der Waals surface area contributed by atoms with E-state index in [1.54, 1.807) is 25.1 Å². The van der Waals surface area contributed by atoms with Crippen LogP contribution in [0.3, 0.4) is 0 Å². The van der Waals surface area contributed by atoms with Gasteiger partial charge in [-0.05, 0) is 36.8 Å². The van der Waals surface area contributed by atoms with Crippen LogP contribution in [-0.2, 0) is 0 Å². The van der Waals surface area contributed by atoms with Crippen LogP contribution in [0.25, 0.3) is 0 Å². The summed E-state index contributed by atoms with van der Waals surface area (Å²) < 4.78 is 26.3. The molecule has 0 aliphatic heterocycles. The van der Waals surface area contributed by atoms with Crippen LogP contribution < -0.4 is 5.32 Å². The average Bonchev–Trinajstić information content (AvgIpc) is 2.33. The first-order valence-corrected chi connectivity index (χ1v) is 6.39. The number of nitrogens with one attached hydrogen (secondary N) is 1. The van der Waals surface area contributed by atoms with E-state index in [0.717, 1.165) is 6.07 Å². The molecular formula is C14H11Cl2F2N. The van der Waals surface area contributed by atoms with E-state index in [9.17, 15) is 8.78 Å². The molecule has 0 aromatic heterocycles. The van der Waals surface area contributed by atoms with E-state index in [1.165, 1.54) is 12.1 Å². The molecule has 2 aromatic carbocycles. The van der Waals surface area contributed by atoms with Crippen molar-refractivity contribution in [1.82, 2.24) is 0 Å². The maximum absolute atomic E-state index is 13.2. The second-order valence-electron chi connectivity index (χ2n) is 4.17. The van der Waals surface area contributed by atoms with Crippen molar-refractivity contribution in [1.29, 1.82) is 0 Å². The highest BCUT2D eigenvalue weighted by atomic mass is 35.5. The zero-order valence-corrected chi connectivity index (χ0v) is 11.6. The first-order valence-electron chi connectivity index (χ1n) is 5.64. The molecule has 0 amide bonds. The van der Waals surface area contributed by atoms with Gasteiger partial charge in [-0.2, -0.15) is 0 Å². The van der Waals surface area contributed by atoms with Crippen LogP contribution in [0.4, 0.5) is 14.5 Å². The maximum Gasteiger partial charge on any atom is 0.126 e. The summed E-state index contributed by atoms with van der Waals surface area (Å²) >= 11 is 11.9. The fraction of sp³-hybridized carbons (Fsp3) is 0.143. The van der Waals surface area contributed by atoms with Gasteiger partial charge in [-0.3, -0.25) is 0 Å². The molecule has 0 saturated carbocycles. The van der Waals surface area contributed by atoms with E-state index in [4.69, 9.17) is 23.2 Å². The van der Waals surface area contributed by atoms with Crippen LogP contribution in [-0.4, -0.2) is 0 Å². The number of rotatable bonds is 3. The van der Waals surface area contributed by atoms with Gasteiger partial charge >= 0.3 is 0 Å². The van der Waals surface area contributed by atoms with Gasteiger partial charge in [0.2, 0.25) is 0 Å². The summed E-state index contributed by atoms with van der Waals surface area (Å²) in [4.78, 5) is 0. The number of anilines is 1. The molecule has 0 aliphatic rings. The molecule has 0 spiro atoms. The second-order valence-corrected chi connectivity index (χ2v) is 4.96. The Labute approximate surface area is 120 Å². The molecule has 1 atom stereocenters. The lowest BCUT2D eigenvalue weighted by molar-refractivity contribution is 0.577. The van der Waals surface area contributed by atoms with E-state index in [-0.39, 0.29) is 6.04 Å². The molecule has 1 unspecified atom stereocenters. The zero-order chi connectivity index (χ0) is 14.0. The van der Waals surface area contributed by atoms with Gasteiger partial charge in [-0.1, -0.05) is 29.3 Å². The van der Waals surface area contributed by atoms with Gasteiger partial charge in [0.25, 0.3) is 0 Å². The minimum atomic E-state index is -0.610. The molecule has 1 nitrogen and oxygen atoms in total. The molecule has 0 bridgehead atoms. The summed E-state index contributed by atoms with van der Waals surface area (Å²) in [6, 6.07) is 8.25. The van der Waals surface area contributed by atoms with E-state index in [2.05, 4.69) is 5.32 Å². The van der Waals surface area contributed by atoms with Crippen molar-refractivity contribution in [3.63, 3.8) is 0 Å². The van der Waals surface area contributed by atoms with Crippen molar-refractivity contribution in [2.45, 2.75) is 13.0 Å². The van der Waals surface area contributed by atoms with Gasteiger partial charge in [-0.25, -0.2) is 8.78 Å². The monoisotopic (exact) mass is 301 g/mol. The van der Waals surface area contributed by atoms with Crippen LogP contribution in [0.15, 0.2) is 36.4 Å². The Balaban J connectivity index is 2.25. The van der Waals surface area contributed by atoms with E-state index in [1.807, 2.05) is 0 Å². The molecule has 0 fully saturated rings. The lowest BCUT2D eigenvalue weighted by atomic mass is 10.1. The van der Waals surface area contributed by atoms with Gasteiger partial charge < -0.3 is 5.32 Å². The Morgan fingerprint density at radius 1 is 1.05 bits per heavy atom. The molecule has 2 aromatic rings. The molecular weight excluding hydrogens is 291 g/mol. The SMILES string of the molecule is CC(Nc1cccc(Cl)c1Cl)c1cc(F)cc(F)c1. The highest BCUT2D eigenvalue weighted by Crippen LogP contribution is 2.32. The molecule has 2 rings (SSSR count). The molecule has 0 radical (unpaired) electrons. The largest absolute Gasteiger partial charge is 0.377 e. The number of hydrogen-bond acceptors (Lipinski definition) is 1. The topological polar surface area (TPSA) is 12.0 Å². The fourth-order valence-electron chi connectivity index (χ4n) is 1.76. The summed E-state index contributed by atoms with van der Waals surface area (Å²) in [5.74, 6) is -1.22. The Morgan fingerprint density at radius 2 is 1.68 bits per heavy atom. The predicted molar refractivity (Wildman–Crippen MR) is 74.9 cm³/mol. The first kappa shape index (κ1) is 14.1. The van der Waals surface area contributed by atoms with Crippen LogP contribution >= 0.6 is 23.2 Å². The first-order chi connectivity index (χ1) is 8.97. The normalized spacial score (nSPS) is 12.3. The van der Waals surface area contributed by atoms with Crippen molar-refractivity contribution < 1.29 is 8.78 Å². The van der Waals surface area contributed by atoms with Crippen LogP contribution in [0.5, 0.6) is 0 Å². The predicted octanol–water partition coefficient (Wildman–Crippen LogP) is 5.44. The number of benzene rings is 2. The zero-order valence-electron chi connectivity index (χ0n) is 10.1. The molecule has 0 saturated heterocycles. The van der Waals surface area contributed by atoms with Gasteiger partial charge in [0.15, 0.2) is 0 Å². The Hall–Kier alpha value is -1.32. The lowest BCUT2D eigenvalue weighted by Gasteiger charge is -2.17. The average molecular weight is 302 g/mol. The third-order valence-corrected chi connectivity index (χ3v) is 3.53. The van der Waals surface area contributed by atoms with Gasteiger partial charge in [-0.15, -0.1) is 0 Å². The second kappa shape index (κ2) is 5.76. The van der Waals surface area contributed by atoms with Crippen molar-refractivity contribution >= 4 is 28.9 Å². The molecule has 100 valence electrons. The minimum absolute atomic E-state index is 0.304. The van der Waals surface area contributed by atoms with Crippen molar-refractivity contribution in [3.8, 4) is 0 Å². The lowest BCUT2D eigenvalue weighted by Crippen LogP contribution is -2.07. The molecule has 5 heteroatoms. The minimum Gasteiger partial charge on any atom is -0.377 e. The van der Waals surface area contributed by atoms with Gasteiger partial charge in [0.1, 0.15) is 11.6 Å². The fourth-order valence-corrected chi connectivity index (χ4v) is 2.11. The third kappa shape index (κ3) is 3.37. The quantitative estimate of drug-likeness (QED) is 0.795. The molecule has 19 heavy (non-hydrogen) atoms. The van der Waals surface area contributed by atoms with Crippen LogP contribution in [0.2, 0.25) is 10.0 Å². The highest BCUT2D eigenvalue weighted by molar-refractivity contribution is 6.43. The Kier molecular flexibility index (Phi) is 4.27. The van der Waals surface area contributed by atoms with E-state index in [0.29, 0.717) is 21.3 Å². The summed E-state index contributed by atoms with van der Waals surface area (Å²) in [6.07, 6.45) is 0. The summed E-state index contributed by atoms with van der Waals surface area (Å²) in [5.41, 5.74) is 1.11. The highest BCUT2D eigenvalue weighted by Gasteiger charge is 2.11. The van der Waals surface area contributed by atoms with Crippen molar-refractivity contribution in [2.75, 3.05) is 5.32 Å². The number of halogens is 4. The Bertz CT molecular complexity index is 582. The van der Waals surface area contributed by atoms with Crippen molar-refractivity contribution in [2.24, 2.45) is 0 Å². The number of hydrogen-bond donors (Lipinski definition) is 1. The van der Waals surface area contributed by atoms with Crippen LogP contribution in [0.1, 0.15) is 18.5 Å². The third-order valence-electron chi connectivity index (χ3n) is 2.71. The summed E-state index contributed by atoms with van der Waals surface area (Å²) in [7, 11) is 0. The maximum atomic E-state index is 13.2. The molecule has 0 heterocycles. The van der Waals surface area contributed by atoms with Crippen molar-refractivity contribution in [3.05, 3.63) is 63.6 Å². The summed E-state index contributed by atoms with van der Waals surface area (Å²) in [6.45, 7) is 1.78.